The van der Waals surface area contributed by atoms with Crippen LogP contribution in [0.15, 0.2) is 18.6 Å². The third-order valence-electron chi connectivity index (χ3n) is 5.40. The Hall–Kier alpha value is -2.77. The first-order valence-corrected chi connectivity index (χ1v) is 9.22. The molecule has 0 saturated heterocycles. The van der Waals surface area contributed by atoms with Crippen molar-refractivity contribution in [3.05, 3.63) is 35.5 Å². The highest BCUT2D eigenvalue weighted by atomic mass is 16.2. The van der Waals surface area contributed by atoms with Gasteiger partial charge in [0.05, 0.1) is 11.9 Å². The zero-order chi connectivity index (χ0) is 19.3. The molecule has 0 spiro atoms. The average molecular weight is 368 g/mol. The van der Waals surface area contributed by atoms with Crippen molar-refractivity contribution in [3.63, 3.8) is 0 Å². The Morgan fingerprint density at radius 1 is 1.30 bits per heavy atom. The molecule has 2 N–H and O–H groups in total. The van der Waals surface area contributed by atoms with Crippen molar-refractivity contribution in [1.82, 2.24) is 30.4 Å². The molecule has 2 aromatic rings. The maximum atomic E-state index is 13.0. The first-order valence-electron chi connectivity index (χ1n) is 9.22. The molecule has 4 rings (SSSR count). The van der Waals surface area contributed by atoms with Crippen LogP contribution < -0.4 is 10.6 Å². The standard InChI is InChI=1S/C19H24N6O2/c1-19(2,3)16(18(27)20-4)23-17(26)14-12-8-10-7-11(10)15(12)25(24-14)13-9-21-5-6-22-13/h5-6,9-11,16H,7-8H2,1-4H3,(H,20,27)(H,23,26)/t10-,11-,16?/m1/s1. The fourth-order valence-corrected chi connectivity index (χ4v) is 3.89. The molecule has 2 aromatic heterocycles. The Kier molecular flexibility index (Phi) is 4.01. The second kappa shape index (κ2) is 6.14. The minimum absolute atomic E-state index is 0.219. The van der Waals surface area contributed by atoms with Gasteiger partial charge in [-0.2, -0.15) is 5.10 Å². The van der Waals surface area contributed by atoms with Crippen LogP contribution in [0.2, 0.25) is 0 Å². The van der Waals surface area contributed by atoms with Crippen LogP contribution in [0.3, 0.4) is 0 Å². The van der Waals surface area contributed by atoms with Crippen LogP contribution in [0.25, 0.3) is 5.82 Å². The zero-order valence-electron chi connectivity index (χ0n) is 16.0. The lowest BCUT2D eigenvalue weighted by Gasteiger charge is -2.29. The molecule has 0 bridgehead atoms. The molecule has 0 aromatic carbocycles. The van der Waals surface area contributed by atoms with Crippen molar-refractivity contribution < 1.29 is 9.59 Å². The van der Waals surface area contributed by atoms with Gasteiger partial charge in [-0.15, -0.1) is 0 Å². The Morgan fingerprint density at radius 3 is 2.70 bits per heavy atom. The van der Waals surface area contributed by atoms with E-state index in [1.165, 1.54) is 0 Å². The van der Waals surface area contributed by atoms with Crippen molar-refractivity contribution in [2.75, 3.05) is 7.05 Å². The molecule has 1 unspecified atom stereocenters. The second-order valence-corrected chi connectivity index (χ2v) is 8.38. The maximum absolute atomic E-state index is 13.0. The fraction of sp³-hybridized carbons (Fsp3) is 0.526. The summed E-state index contributed by atoms with van der Waals surface area (Å²) >= 11 is 0. The van der Waals surface area contributed by atoms with Gasteiger partial charge in [0.2, 0.25) is 5.91 Å². The average Bonchev–Trinajstić information content (AvgIpc) is 3.14. The van der Waals surface area contributed by atoms with E-state index in [1.807, 2.05) is 20.8 Å². The van der Waals surface area contributed by atoms with Crippen molar-refractivity contribution in [1.29, 1.82) is 0 Å². The number of likely N-dealkylation sites (N-methyl/N-ethyl adjacent to an activating group) is 1. The summed E-state index contributed by atoms with van der Waals surface area (Å²) in [6, 6.07) is -0.650. The summed E-state index contributed by atoms with van der Waals surface area (Å²) in [6.45, 7) is 5.76. The van der Waals surface area contributed by atoms with Gasteiger partial charge >= 0.3 is 0 Å². The number of rotatable bonds is 4. The summed E-state index contributed by atoms with van der Waals surface area (Å²) in [5.41, 5.74) is 2.01. The van der Waals surface area contributed by atoms with E-state index in [9.17, 15) is 9.59 Å². The van der Waals surface area contributed by atoms with Crippen LogP contribution in [-0.4, -0.2) is 44.7 Å². The molecule has 2 aliphatic rings. The van der Waals surface area contributed by atoms with Crippen LogP contribution >= 0.6 is 0 Å². The summed E-state index contributed by atoms with van der Waals surface area (Å²) in [4.78, 5) is 33.8. The third kappa shape index (κ3) is 2.98. The molecule has 0 aliphatic heterocycles. The molecular formula is C19H24N6O2. The molecule has 3 atom stereocenters. The highest BCUT2D eigenvalue weighted by Gasteiger charge is 2.50. The molecule has 1 saturated carbocycles. The third-order valence-corrected chi connectivity index (χ3v) is 5.40. The summed E-state index contributed by atoms with van der Waals surface area (Å²) in [7, 11) is 1.57. The Balaban J connectivity index is 1.69. The lowest BCUT2D eigenvalue weighted by atomic mass is 9.86. The minimum atomic E-state index is -0.650. The first-order chi connectivity index (χ1) is 12.8. The Morgan fingerprint density at radius 2 is 2.07 bits per heavy atom. The largest absolute Gasteiger partial charge is 0.357 e. The summed E-state index contributed by atoms with van der Waals surface area (Å²) in [6.07, 6.45) is 6.85. The van der Waals surface area contributed by atoms with E-state index in [-0.39, 0.29) is 11.8 Å². The van der Waals surface area contributed by atoms with E-state index in [1.54, 1.807) is 30.3 Å². The molecule has 1 fully saturated rings. The molecule has 8 heteroatoms. The zero-order valence-corrected chi connectivity index (χ0v) is 16.0. The van der Waals surface area contributed by atoms with E-state index < -0.39 is 11.5 Å². The highest BCUT2D eigenvalue weighted by molar-refractivity contribution is 5.98. The van der Waals surface area contributed by atoms with Gasteiger partial charge in [0.25, 0.3) is 5.91 Å². The summed E-state index contributed by atoms with van der Waals surface area (Å²) in [5, 5.41) is 10.1. The van der Waals surface area contributed by atoms with E-state index >= 15 is 0 Å². The second-order valence-electron chi connectivity index (χ2n) is 8.38. The van der Waals surface area contributed by atoms with Gasteiger partial charge in [-0.05, 0) is 24.2 Å². The summed E-state index contributed by atoms with van der Waals surface area (Å²) < 4.78 is 1.75. The smallest absolute Gasteiger partial charge is 0.272 e. The number of hydrogen-bond donors (Lipinski definition) is 2. The van der Waals surface area contributed by atoms with E-state index in [0.29, 0.717) is 23.3 Å². The van der Waals surface area contributed by atoms with Crippen LogP contribution in [0.4, 0.5) is 0 Å². The molecule has 2 amide bonds. The molecule has 27 heavy (non-hydrogen) atoms. The van der Waals surface area contributed by atoms with Crippen LogP contribution in [0, 0.1) is 11.3 Å². The molecule has 8 nitrogen and oxygen atoms in total. The number of amides is 2. The lowest BCUT2D eigenvalue weighted by molar-refractivity contribution is -0.124. The monoisotopic (exact) mass is 368 g/mol. The minimum Gasteiger partial charge on any atom is -0.357 e. The summed E-state index contributed by atoms with van der Waals surface area (Å²) in [5.74, 6) is 1.10. The first kappa shape index (κ1) is 17.6. The Labute approximate surface area is 157 Å². The van der Waals surface area contributed by atoms with E-state index in [0.717, 1.165) is 24.1 Å². The van der Waals surface area contributed by atoms with Crippen LogP contribution in [0.5, 0.6) is 0 Å². The van der Waals surface area contributed by atoms with Gasteiger partial charge in [0.15, 0.2) is 11.5 Å². The fourth-order valence-electron chi connectivity index (χ4n) is 3.89. The number of nitrogens with one attached hydrogen (secondary N) is 2. The molecule has 2 heterocycles. The number of hydrogen-bond acceptors (Lipinski definition) is 5. The number of nitrogens with zero attached hydrogens (tertiary/aromatic N) is 4. The topological polar surface area (TPSA) is 102 Å². The van der Waals surface area contributed by atoms with Crippen molar-refractivity contribution in [2.24, 2.45) is 11.3 Å². The molecule has 0 radical (unpaired) electrons. The molecule has 142 valence electrons. The quantitative estimate of drug-likeness (QED) is 0.845. The van der Waals surface area contributed by atoms with E-state index in [4.69, 9.17) is 0 Å². The number of aromatic nitrogens is 4. The van der Waals surface area contributed by atoms with Gasteiger partial charge < -0.3 is 10.6 Å². The number of fused-ring (bicyclic) bond motifs is 3. The van der Waals surface area contributed by atoms with Gasteiger partial charge in [0, 0.05) is 30.9 Å². The van der Waals surface area contributed by atoms with Crippen LogP contribution in [-0.2, 0) is 11.2 Å². The van der Waals surface area contributed by atoms with Crippen molar-refractivity contribution in [3.8, 4) is 5.82 Å². The van der Waals surface area contributed by atoms with Crippen LogP contribution in [0.1, 0.15) is 54.9 Å². The van der Waals surface area contributed by atoms with Crippen molar-refractivity contribution >= 4 is 11.8 Å². The van der Waals surface area contributed by atoms with Gasteiger partial charge in [0.1, 0.15) is 6.04 Å². The van der Waals surface area contributed by atoms with E-state index in [2.05, 4.69) is 25.7 Å². The van der Waals surface area contributed by atoms with Gasteiger partial charge in [-0.25, -0.2) is 9.67 Å². The normalized spacial score (nSPS) is 21.2. The molecular weight excluding hydrogens is 344 g/mol. The predicted molar refractivity (Wildman–Crippen MR) is 98.5 cm³/mol. The highest BCUT2D eigenvalue weighted by Crippen LogP contribution is 2.57. The van der Waals surface area contributed by atoms with Gasteiger partial charge in [-0.3, -0.25) is 14.6 Å². The number of carbonyl (C=O) groups is 2. The van der Waals surface area contributed by atoms with Crippen molar-refractivity contribution in [2.45, 2.75) is 45.6 Å². The predicted octanol–water partition coefficient (Wildman–Crippen LogP) is 1.21. The Bertz CT molecular complexity index is 899. The van der Waals surface area contributed by atoms with Gasteiger partial charge in [-0.1, -0.05) is 20.8 Å². The maximum Gasteiger partial charge on any atom is 0.272 e. The number of carbonyl (C=O) groups excluding carboxylic acids is 2. The molecule has 2 aliphatic carbocycles. The lowest BCUT2D eigenvalue weighted by Crippen LogP contribution is -2.53. The SMILES string of the molecule is CNC(=O)C(NC(=O)c1nn(-c2cnccn2)c2c1C[C@H]1C[C@@H]21)C(C)(C)C.